The van der Waals surface area contributed by atoms with Gasteiger partial charge in [0.1, 0.15) is 5.75 Å². The number of nitrogens with one attached hydrogen (secondary N) is 1. The van der Waals surface area contributed by atoms with E-state index >= 15 is 0 Å². The van der Waals surface area contributed by atoms with Gasteiger partial charge in [-0.1, -0.05) is 0 Å². The van der Waals surface area contributed by atoms with Crippen molar-refractivity contribution in [2.24, 2.45) is 0 Å². The molecule has 0 unspecified atom stereocenters. The Bertz CT molecular complexity index is 502. The SMILES string of the molecule is Cc1cc(-c2ccc(OC(F)(F)F)cc2)[nH]n1. The second kappa shape index (κ2) is 4.12. The molecule has 0 spiro atoms. The number of halogens is 3. The minimum Gasteiger partial charge on any atom is -0.406 e. The molecule has 0 aliphatic heterocycles. The lowest BCUT2D eigenvalue weighted by molar-refractivity contribution is -0.274. The standard InChI is InChI=1S/C11H9F3N2O/c1-7-6-10(16-15-7)8-2-4-9(5-3-8)17-11(12,13)14/h2-6H,1H3,(H,15,16). The summed E-state index contributed by atoms with van der Waals surface area (Å²) < 4.78 is 39.6. The Kier molecular flexibility index (Phi) is 2.79. The molecule has 0 atom stereocenters. The van der Waals surface area contributed by atoms with Crippen molar-refractivity contribution >= 4 is 0 Å². The lowest BCUT2D eigenvalue weighted by Crippen LogP contribution is -2.16. The fraction of sp³-hybridized carbons (Fsp3) is 0.182. The first-order chi connectivity index (χ1) is 7.94. The van der Waals surface area contributed by atoms with E-state index in [9.17, 15) is 13.2 Å². The molecule has 1 aromatic heterocycles. The number of alkyl halides is 3. The van der Waals surface area contributed by atoms with Crippen molar-refractivity contribution in [1.29, 1.82) is 0 Å². The van der Waals surface area contributed by atoms with Crippen molar-refractivity contribution in [2.45, 2.75) is 13.3 Å². The Hall–Kier alpha value is -1.98. The Labute approximate surface area is 95.2 Å². The van der Waals surface area contributed by atoms with Crippen molar-refractivity contribution in [3.05, 3.63) is 36.0 Å². The average molecular weight is 242 g/mol. The van der Waals surface area contributed by atoms with Gasteiger partial charge < -0.3 is 4.74 Å². The lowest BCUT2D eigenvalue weighted by Gasteiger charge is -2.08. The maximum Gasteiger partial charge on any atom is 0.573 e. The average Bonchev–Trinajstić information content (AvgIpc) is 2.63. The van der Waals surface area contributed by atoms with Gasteiger partial charge in [0.05, 0.1) is 11.4 Å². The highest BCUT2D eigenvalue weighted by Gasteiger charge is 2.30. The molecule has 0 bridgehead atoms. The molecular formula is C11H9F3N2O. The van der Waals surface area contributed by atoms with Crippen molar-refractivity contribution < 1.29 is 17.9 Å². The van der Waals surface area contributed by atoms with Gasteiger partial charge in [-0.2, -0.15) is 5.10 Å². The molecule has 0 aliphatic rings. The number of aryl methyl sites for hydroxylation is 1. The Balaban J connectivity index is 2.19. The molecule has 0 aliphatic carbocycles. The van der Waals surface area contributed by atoms with Crippen LogP contribution in [0.3, 0.4) is 0 Å². The van der Waals surface area contributed by atoms with E-state index in [1.807, 2.05) is 6.92 Å². The predicted molar refractivity (Wildman–Crippen MR) is 55.4 cm³/mol. The molecule has 0 saturated carbocycles. The molecule has 0 saturated heterocycles. The summed E-state index contributed by atoms with van der Waals surface area (Å²) in [6.07, 6.45) is -4.66. The molecule has 3 nitrogen and oxygen atoms in total. The molecule has 1 heterocycles. The second-order valence-corrected chi connectivity index (χ2v) is 3.50. The van der Waals surface area contributed by atoms with E-state index in [0.717, 1.165) is 17.0 Å². The van der Waals surface area contributed by atoms with Crippen molar-refractivity contribution in [3.8, 4) is 17.0 Å². The van der Waals surface area contributed by atoms with E-state index in [1.54, 1.807) is 6.07 Å². The van der Waals surface area contributed by atoms with Crippen LogP contribution in [0.1, 0.15) is 5.69 Å². The molecule has 17 heavy (non-hydrogen) atoms. The van der Waals surface area contributed by atoms with Crippen LogP contribution in [0.25, 0.3) is 11.3 Å². The second-order valence-electron chi connectivity index (χ2n) is 3.50. The lowest BCUT2D eigenvalue weighted by atomic mass is 10.1. The molecule has 1 aromatic carbocycles. The maximum atomic E-state index is 11.9. The number of aromatic amines is 1. The molecule has 0 amide bonds. The van der Waals surface area contributed by atoms with Gasteiger partial charge in [-0.3, -0.25) is 5.10 Å². The Morgan fingerprint density at radius 1 is 1.18 bits per heavy atom. The number of hydrogen-bond donors (Lipinski definition) is 1. The topological polar surface area (TPSA) is 37.9 Å². The van der Waals surface area contributed by atoms with Crippen LogP contribution < -0.4 is 4.74 Å². The van der Waals surface area contributed by atoms with Crippen molar-refractivity contribution in [3.63, 3.8) is 0 Å². The molecule has 0 fully saturated rings. The summed E-state index contributed by atoms with van der Waals surface area (Å²) in [5, 5.41) is 6.71. The van der Waals surface area contributed by atoms with E-state index in [4.69, 9.17) is 0 Å². The minimum absolute atomic E-state index is 0.238. The number of aromatic nitrogens is 2. The van der Waals surface area contributed by atoms with Gasteiger partial charge in [0.2, 0.25) is 0 Å². The van der Waals surface area contributed by atoms with Crippen LogP contribution in [0.2, 0.25) is 0 Å². The van der Waals surface area contributed by atoms with Gasteiger partial charge in [-0.05, 0) is 42.8 Å². The van der Waals surface area contributed by atoms with Crippen LogP contribution in [0.4, 0.5) is 13.2 Å². The highest BCUT2D eigenvalue weighted by Crippen LogP contribution is 2.25. The smallest absolute Gasteiger partial charge is 0.406 e. The minimum atomic E-state index is -4.66. The summed E-state index contributed by atoms with van der Waals surface area (Å²) in [5.74, 6) is -0.238. The molecule has 1 N–H and O–H groups in total. The summed E-state index contributed by atoms with van der Waals surface area (Å²) in [4.78, 5) is 0. The van der Waals surface area contributed by atoms with Crippen LogP contribution in [0, 0.1) is 6.92 Å². The summed E-state index contributed by atoms with van der Waals surface area (Å²) in [7, 11) is 0. The van der Waals surface area contributed by atoms with E-state index in [1.165, 1.54) is 24.3 Å². The highest BCUT2D eigenvalue weighted by molar-refractivity contribution is 5.60. The summed E-state index contributed by atoms with van der Waals surface area (Å²) in [5.41, 5.74) is 2.32. The number of H-pyrrole nitrogens is 1. The van der Waals surface area contributed by atoms with E-state index in [-0.39, 0.29) is 5.75 Å². The largest absolute Gasteiger partial charge is 0.573 e. The molecule has 90 valence electrons. The molecule has 6 heteroatoms. The molecule has 0 radical (unpaired) electrons. The monoisotopic (exact) mass is 242 g/mol. The fourth-order valence-corrected chi connectivity index (χ4v) is 1.41. The number of rotatable bonds is 2. The first kappa shape index (κ1) is 11.5. The molecule has 2 aromatic rings. The van der Waals surface area contributed by atoms with Crippen LogP contribution in [-0.2, 0) is 0 Å². The number of hydrogen-bond acceptors (Lipinski definition) is 2. The first-order valence-corrected chi connectivity index (χ1v) is 4.82. The van der Waals surface area contributed by atoms with Gasteiger partial charge in [-0.25, -0.2) is 0 Å². The van der Waals surface area contributed by atoms with Crippen LogP contribution in [0.15, 0.2) is 30.3 Å². The molecule has 2 rings (SSSR count). The third-order valence-corrected chi connectivity index (χ3v) is 2.10. The summed E-state index contributed by atoms with van der Waals surface area (Å²) >= 11 is 0. The zero-order chi connectivity index (χ0) is 12.5. The van der Waals surface area contributed by atoms with Crippen molar-refractivity contribution in [1.82, 2.24) is 10.2 Å². The summed E-state index contributed by atoms with van der Waals surface area (Å²) in [6.45, 7) is 1.82. The van der Waals surface area contributed by atoms with Gasteiger partial charge in [-0.15, -0.1) is 13.2 Å². The van der Waals surface area contributed by atoms with Gasteiger partial charge >= 0.3 is 6.36 Å². The summed E-state index contributed by atoms with van der Waals surface area (Å²) in [6, 6.07) is 7.40. The van der Waals surface area contributed by atoms with Gasteiger partial charge in [0.15, 0.2) is 0 Å². The molecular weight excluding hydrogens is 233 g/mol. The van der Waals surface area contributed by atoms with Gasteiger partial charge in [0.25, 0.3) is 0 Å². The first-order valence-electron chi connectivity index (χ1n) is 4.82. The third kappa shape index (κ3) is 2.99. The number of benzene rings is 1. The normalized spacial score (nSPS) is 11.5. The Morgan fingerprint density at radius 2 is 1.82 bits per heavy atom. The fourth-order valence-electron chi connectivity index (χ4n) is 1.41. The maximum absolute atomic E-state index is 11.9. The predicted octanol–water partition coefficient (Wildman–Crippen LogP) is 3.28. The van der Waals surface area contributed by atoms with Crippen LogP contribution in [-0.4, -0.2) is 16.6 Å². The quantitative estimate of drug-likeness (QED) is 0.877. The van der Waals surface area contributed by atoms with Crippen molar-refractivity contribution in [2.75, 3.05) is 0 Å². The van der Waals surface area contributed by atoms with Gasteiger partial charge in [0, 0.05) is 0 Å². The van der Waals surface area contributed by atoms with E-state index in [0.29, 0.717) is 0 Å². The Morgan fingerprint density at radius 3 is 2.29 bits per heavy atom. The number of nitrogens with zero attached hydrogens (tertiary/aromatic N) is 1. The van der Waals surface area contributed by atoms with E-state index < -0.39 is 6.36 Å². The van der Waals surface area contributed by atoms with Crippen LogP contribution in [0.5, 0.6) is 5.75 Å². The van der Waals surface area contributed by atoms with E-state index in [2.05, 4.69) is 14.9 Å². The number of ether oxygens (including phenoxy) is 1. The van der Waals surface area contributed by atoms with Crippen LogP contribution >= 0.6 is 0 Å². The zero-order valence-electron chi connectivity index (χ0n) is 8.88. The third-order valence-electron chi connectivity index (χ3n) is 2.10. The highest BCUT2D eigenvalue weighted by atomic mass is 19.4. The zero-order valence-corrected chi connectivity index (χ0v) is 8.88.